The maximum Gasteiger partial charge on any atom is 0.129 e. The third-order valence-corrected chi connectivity index (χ3v) is 3.69. The lowest BCUT2D eigenvalue weighted by atomic mass is 10.2. The van der Waals surface area contributed by atoms with Crippen LogP contribution in [0.1, 0.15) is 25.2 Å². The first-order valence-corrected chi connectivity index (χ1v) is 7.45. The molecule has 0 spiro atoms. The van der Waals surface area contributed by atoms with Crippen molar-refractivity contribution in [3.8, 4) is 11.5 Å². The molecule has 0 aliphatic rings. The number of hydrogen-bond acceptors (Lipinski definition) is 2. The Hall–Kier alpha value is -2.29. The summed E-state index contributed by atoms with van der Waals surface area (Å²) in [4.78, 5) is 4.67. The van der Waals surface area contributed by atoms with Crippen molar-refractivity contribution in [2.75, 3.05) is 0 Å². The molecular formula is C18H20N2O. The van der Waals surface area contributed by atoms with Crippen molar-refractivity contribution in [3.05, 3.63) is 53.9 Å². The van der Waals surface area contributed by atoms with Gasteiger partial charge in [0.15, 0.2) is 0 Å². The van der Waals surface area contributed by atoms with Crippen molar-refractivity contribution >= 4 is 11.0 Å². The second-order valence-electron chi connectivity index (χ2n) is 5.19. The minimum absolute atomic E-state index is 0.851. The van der Waals surface area contributed by atoms with Crippen molar-refractivity contribution in [1.29, 1.82) is 0 Å². The zero-order valence-corrected chi connectivity index (χ0v) is 12.8. The van der Waals surface area contributed by atoms with Crippen LogP contribution in [0.5, 0.6) is 11.5 Å². The zero-order chi connectivity index (χ0) is 14.8. The van der Waals surface area contributed by atoms with E-state index in [4.69, 9.17) is 4.74 Å². The molecule has 0 saturated carbocycles. The number of hydrogen-bond donors (Lipinski definition) is 0. The second-order valence-corrected chi connectivity index (χ2v) is 5.19. The van der Waals surface area contributed by atoms with Crippen molar-refractivity contribution < 1.29 is 4.74 Å². The van der Waals surface area contributed by atoms with Crippen LogP contribution < -0.4 is 4.74 Å². The fourth-order valence-corrected chi connectivity index (χ4v) is 2.58. The predicted octanol–water partition coefficient (Wildman–Crippen LogP) is 4.72. The van der Waals surface area contributed by atoms with Gasteiger partial charge in [-0.3, -0.25) is 0 Å². The summed E-state index contributed by atoms with van der Waals surface area (Å²) in [5, 5.41) is 0. The third kappa shape index (κ3) is 2.64. The van der Waals surface area contributed by atoms with Gasteiger partial charge in [-0.2, -0.15) is 0 Å². The summed E-state index contributed by atoms with van der Waals surface area (Å²) in [6.45, 7) is 7.28. The van der Waals surface area contributed by atoms with E-state index >= 15 is 0 Å². The lowest BCUT2D eigenvalue weighted by Gasteiger charge is -2.07. The molecule has 0 amide bonds. The first-order valence-electron chi connectivity index (χ1n) is 7.45. The van der Waals surface area contributed by atoms with Crippen LogP contribution in [0, 0.1) is 6.92 Å². The average molecular weight is 280 g/mol. The average Bonchev–Trinajstić information content (AvgIpc) is 2.86. The van der Waals surface area contributed by atoms with Crippen molar-refractivity contribution in [2.24, 2.45) is 0 Å². The summed E-state index contributed by atoms with van der Waals surface area (Å²) in [6, 6.07) is 14.2. The van der Waals surface area contributed by atoms with E-state index in [0.717, 1.165) is 41.3 Å². The van der Waals surface area contributed by atoms with E-state index in [1.807, 2.05) is 24.3 Å². The summed E-state index contributed by atoms with van der Waals surface area (Å²) < 4.78 is 8.19. The molecule has 0 radical (unpaired) electrons. The maximum absolute atomic E-state index is 5.94. The Bertz CT molecular complexity index is 757. The summed E-state index contributed by atoms with van der Waals surface area (Å²) in [7, 11) is 0. The fourth-order valence-electron chi connectivity index (χ4n) is 2.58. The van der Waals surface area contributed by atoms with Crippen LogP contribution >= 0.6 is 0 Å². The Balaban J connectivity index is 1.98. The van der Waals surface area contributed by atoms with Crippen molar-refractivity contribution in [1.82, 2.24) is 9.55 Å². The molecule has 108 valence electrons. The van der Waals surface area contributed by atoms with Gasteiger partial charge in [0, 0.05) is 19.0 Å². The SMILES string of the molecule is CCc1nc2ccc(Oc3ccc(C)cc3)cc2n1CC. The van der Waals surface area contributed by atoms with E-state index in [1.165, 1.54) is 5.56 Å². The first-order chi connectivity index (χ1) is 10.2. The topological polar surface area (TPSA) is 27.1 Å². The first kappa shape index (κ1) is 13.7. The highest BCUT2D eigenvalue weighted by Gasteiger charge is 2.09. The lowest BCUT2D eigenvalue weighted by Crippen LogP contribution is -1.99. The minimum atomic E-state index is 0.851. The van der Waals surface area contributed by atoms with Crippen LogP contribution in [0.15, 0.2) is 42.5 Å². The van der Waals surface area contributed by atoms with Gasteiger partial charge >= 0.3 is 0 Å². The van der Waals surface area contributed by atoms with Crippen LogP contribution in [-0.2, 0) is 13.0 Å². The van der Waals surface area contributed by atoms with Gasteiger partial charge in [-0.25, -0.2) is 4.98 Å². The number of fused-ring (bicyclic) bond motifs is 1. The molecule has 1 aromatic heterocycles. The standard InChI is InChI=1S/C18H20N2O/c1-4-18-19-16-11-10-15(12-17(16)20(18)5-2)21-14-8-6-13(3)7-9-14/h6-12H,4-5H2,1-3H3. The molecule has 0 fully saturated rings. The van der Waals surface area contributed by atoms with E-state index in [-0.39, 0.29) is 0 Å². The van der Waals surface area contributed by atoms with Gasteiger partial charge in [0.2, 0.25) is 0 Å². The van der Waals surface area contributed by atoms with Gasteiger partial charge in [0.25, 0.3) is 0 Å². The van der Waals surface area contributed by atoms with Gasteiger partial charge in [0.1, 0.15) is 17.3 Å². The molecule has 0 aliphatic carbocycles. The zero-order valence-electron chi connectivity index (χ0n) is 12.8. The molecule has 0 atom stereocenters. The molecule has 3 rings (SSSR count). The van der Waals surface area contributed by atoms with Crippen molar-refractivity contribution in [2.45, 2.75) is 33.7 Å². The van der Waals surface area contributed by atoms with Crippen LogP contribution in [0.2, 0.25) is 0 Å². The summed E-state index contributed by atoms with van der Waals surface area (Å²) >= 11 is 0. The molecule has 21 heavy (non-hydrogen) atoms. The van der Waals surface area contributed by atoms with Crippen molar-refractivity contribution in [3.63, 3.8) is 0 Å². The highest BCUT2D eigenvalue weighted by atomic mass is 16.5. The Morgan fingerprint density at radius 3 is 2.38 bits per heavy atom. The Kier molecular flexibility index (Phi) is 3.65. The molecule has 0 aliphatic heterocycles. The molecule has 3 heteroatoms. The largest absolute Gasteiger partial charge is 0.457 e. The molecule has 0 bridgehead atoms. The summed E-state index contributed by atoms with van der Waals surface area (Å²) in [6.07, 6.45) is 0.941. The third-order valence-electron chi connectivity index (χ3n) is 3.69. The highest BCUT2D eigenvalue weighted by molar-refractivity contribution is 5.78. The highest BCUT2D eigenvalue weighted by Crippen LogP contribution is 2.26. The normalized spacial score (nSPS) is 11.0. The molecule has 3 aromatic rings. The number of rotatable bonds is 4. The predicted molar refractivity (Wildman–Crippen MR) is 86.0 cm³/mol. The quantitative estimate of drug-likeness (QED) is 0.691. The molecule has 0 unspecified atom stereocenters. The Morgan fingerprint density at radius 2 is 1.71 bits per heavy atom. The molecule has 0 saturated heterocycles. The molecular weight excluding hydrogens is 260 g/mol. The van der Waals surface area contributed by atoms with E-state index in [9.17, 15) is 0 Å². The Labute approximate surface area is 125 Å². The fraction of sp³-hybridized carbons (Fsp3) is 0.278. The number of aromatic nitrogens is 2. The molecule has 0 N–H and O–H groups in total. The monoisotopic (exact) mass is 280 g/mol. The smallest absolute Gasteiger partial charge is 0.129 e. The molecule has 1 heterocycles. The minimum Gasteiger partial charge on any atom is -0.457 e. The summed E-state index contributed by atoms with van der Waals surface area (Å²) in [5.41, 5.74) is 3.40. The van der Waals surface area contributed by atoms with Gasteiger partial charge in [0.05, 0.1) is 11.0 Å². The molecule has 2 aromatic carbocycles. The maximum atomic E-state index is 5.94. The van der Waals surface area contributed by atoms with Gasteiger partial charge in [-0.1, -0.05) is 24.6 Å². The number of imidazole rings is 1. The van der Waals surface area contributed by atoms with Gasteiger partial charge in [-0.05, 0) is 38.1 Å². The van der Waals surface area contributed by atoms with E-state index < -0.39 is 0 Å². The van der Waals surface area contributed by atoms with Gasteiger partial charge < -0.3 is 9.30 Å². The van der Waals surface area contributed by atoms with Crippen LogP contribution in [0.25, 0.3) is 11.0 Å². The number of nitrogens with zero attached hydrogens (tertiary/aromatic N) is 2. The van der Waals surface area contributed by atoms with Crippen LogP contribution in [-0.4, -0.2) is 9.55 Å². The number of aryl methyl sites for hydroxylation is 3. The van der Waals surface area contributed by atoms with Crippen LogP contribution in [0.3, 0.4) is 0 Å². The van der Waals surface area contributed by atoms with E-state index in [1.54, 1.807) is 0 Å². The Morgan fingerprint density at radius 1 is 1.00 bits per heavy atom. The number of benzene rings is 2. The molecule has 3 nitrogen and oxygen atoms in total. The number of ether oxygens (including phenoxy) is 1. The second kappa shape index (κ2) is 5.60. The van der Waals surface area contributed by atoms with Gasteiger partial charge in [-0.15, -0.1) is 0 Å². The summed E-state index contributed by atoms with van der Waals surface area (Å²) in [5.74, 6) is 2.84. The van der Waals surface area contributed by atoms with E-state index in [0.29, 0.717) is 0 Å². The lowest BCUT2D eigenvalue weighted by molar-refractivity contribution is 0.483. The van der Waals surface area contributed by atoms with E-state index in [2.05, 4.69) is 48.5 Å². The van der Waals surface area contributed by atoms with Crippen LogP contribution in [0.4, 0.5) is 0 Å².